The molecule has 160 valence electrons. The molecule has 2 aromatic heterocycles. The van der Waals surface area contributed by atoms with Crippen LogP contribution < -0.4 is 5.32 Å². The molecule has 1 N–H and O–H groups in total. The molecule has 0 aliphatic carbocycles. The van der Waals surface area contributed by atoms with Crippen LogP contribution in [-0.2, 0) is 4.74 Å². The van der Waals surface area contributed by atoms with E-state index in [1.807, 2.05) is 61.7 Å². The van der Waals surface area contributed by atoms with Crippen molar-refractivity contribution in [2.75, 3.05) is 13.2 Å². The third kappa shape index (κ3) is 3.95. The van der Waals surface area contributed by atoms with Gasteiger partial charge in [-0.1, -0.05) is 29.8 Å². The summed E-state index contributed by atoms with van der Waals surface area (Å²) in [5, 5.41) is 4.90. The standard InChI is InChI=1S/C24H24ClN3O2S/c1-15-17(7-4-8-18(15)25)20-10-11-21(30-20)23-22(19-9-2-3-12-26-19)27-24(31)28(23)14-16-6-5-13-29-16/h2-4,7-12,16,22-23H,5-6,13-14H2,1H3,(H,27,31)/t16-,22+,23+/m0/s1. The Balaban J connectivity index is 1.52. The zero-order valence-electron chi connectivity index (χ0n) is 17.3. The molecule has 0 radical (unpaired) electrons. The maximum Gasteiger partial charge on any atom is 0.170 e. The molecule has 0 amide bonds. The fourth-order valence-electron chi connectivity index (χ4n) is 4.45. The average molecular weight is 454 g/mol. The van der Waals surface area contributed by atoms with Crippen LogP contribution in [-0.4, -0.2) is 34.3 Å². The van der Waals surface area contributed by atoms with Crippen LogP contribution in [0, 0.1) is 6.92 Å². The summed E-state index contributed by atoms with van der Waals surface area (Å²) in [5.41, 5.74) is 2.93. The van der Waals surface area contributed by atoms with Crippen molar-refractivity contribution in [2.24, 2.45) is 0 Å². The number of furan rings is 1. The first-order chi connectivity index (χ1) is 15.1. The number of nitrogens with zero attached hydrogens (tertiary/aromatic N) is 2. The first-order valence-electron chi connectivity index (χ1n) is 10.6. The molecule has 0 unspecified atom stereocenters. The van der Waals surface area contributed by atoms with Crippen LogP contribution >= 0.6 is 23.8 Å². The summed E-state index contributed by atoms with van der Waals surface area (Å²) in [5.74, 6) is 1.64. The molecule has 0 spiro atoms. The highest BCUT2D eigenvalue weighted by molar-refractivity contribution is 7.80. The first-order valence-corrected chi connectivity index (χ1v) is 11.4. The predicted octanol–water partition coefficient (Wildman–Crippen LogP) is 5.45. The quantitative estimate of drug-likeness (QED) is 0.518. The Hall–Kier alpha value is -2.41. The molecule has 4 heterocycles. The van der Waals surface area contributed by atoms with E-state index in [0.717, 1.165) is 59.4 Å². The van der Waals surface area contributed by atoms with E-state index in [-0.39, 0.29) is 18.2 Å². The minimum Gasteiger partial charge on any atom is -0.459 e. The summed E-state index contributed by atoms with van der Waals surface area (Å²) < 4.78 is 12.3. The number of ether oxygens (including phenoxy) is 1. The number of aromatic nitrogens is 1. The topological polar surface area (TPSA) is 50.5 Å². The fraction of sp³-hybridized carbons (Fsp3) is 0.333. The van der Waals surface area contributed by atoms with Gasteiger partial charge in [-0.2, -0.15) is 0 Å². The molecule has 2 aliphatic rings. The molecule has 5 nitrogen and oxygen atoms in total. The van der Waals surface area contributed by atoms with Crippen LogP contribution in [0.15, 0.2) is 59.1 Å². The largest absolute Gasteiger partial charge is 0.459 e. The molecule has 1 aromatic carbocycles. The van der Waals surface area contributed by atoms with Crippen molar-refractivity contribution in [2.45, 2.75) is 38.0 Å². The van der Waals surface area contributed by atoms with Gasteiger partial charge in [-0.3, -0.25) is 4.98 Å². The number of rotatable bonds is 5. The van der Waals surface area contributed by atoms with Crippen LogP contribution in [0.2, 0.25) is 5.02 Å². The van der Waals surface area contributed by atoms with Gasteiger partial charge in [0.2, 0.25) is 0 Å². The summed E-state index contributed by atoms with van der Waals surface area (Å²) in [4.78, 5) is 6.78. The van der Waals surface area contributed by atoms with Crippen molar-refractivity contribution < 1.29 is 9.15 Å². The summed E-state index contributed by atoms with van der Waals surface area (Å²) in [7, 11) is 0. The van der Waals surface area contributed by atoms with E-state index in [4.69, 9.17) is 33.0 Å². The number of nitrogens with one attached hydrogen (secondary N) is 1. The van der Waals surface area contributed by atoms with Crippen LogP contribution in [0.4, 0.5) is 0 Å². The third-order valence-corrected chi connectivity index (χ3v) is 6.84. The van der Waals surface area contributed by atoms with Gasteiger partial charge in [0, 0.05) is 29.9 Å². The second-order valence-corrected chi connectivity index (χ2v) is 8.82. The SMILES string of the molecule is Cc1c(Cl)cccc1-c1ccc([C@@H]2[C@@H](c3ccccn3)NC(=S)N2C[C@@H]2CCCO2)o1. The number of hydrogen-bond donors (Lipinski definition) is 1. The predicted molar refractivity (Wildman–Crippen MR) is 125 cm³/mol. The summed E-state index contributed by atoms with van der Waals surface area (Å²) in [6.07, 6.45) is 4.12. The fourth-order valence-corrected chi connectivity index (χ4v) is 4.94. The number of pyridine rings is 1. The van der Waals surface area contributed by atoms with E-state index in [1.54, 1.807) is 0 Å². The molecule has 3 aromatic rings. The zero-order valence-corrected chi connectivity index (χ0v) is 18.8. The average Bonchev–Trinajstić information content (AvgIpc) is 3.52. The van der Waals surface area contributed by atoms with Gasteiger partial charge in [0.1, 0.15) is 17.6 Å². The van der Waals surface area contributed by atoms with E-state index in [0.29, 0.717) is 5.11 Å². The van der Waals surface area contributed by atoms with Crippen LogP contribution in [0.25, 0.3) is 11.3 Å². The van der Waals surface area contributed by atoms with Crippen molar-refractivity contribution >= 4 is 28.9 Å². The smallest absolute Gasteiger partial charge is 0.170 e. The monoisotopic (exact) mass is 453 g/mol. The van der Waals surface area contributed by atoms with E-state index in [2.05, 4.69) is 15.2 Å². The van der Waals surface area contributed by atoms with Crippen molar-refractivity contribution in [1.82, 2.24) is 15.2 Å². The maximum absolute atomic E-state index is 6.42. The second-order valence-electron chi connectivity index (χ2n) is 8.03. The molecule has 2 saturated heterocycles. The zero-order chi connectivity index (χ0) is 21.4. The summed E-state index contributed by atoms with van der Waals surface area (Å²) in [6.45, 7) is 3.55. The Morgan fingerprint density at radius 1 is 1.19 bits per heavy atom. The third-order valence-electron chi connectivity index (χ3n) is 6.07. The molecule has 2 fully saturated rings. The van der Waals surface area contributed by atoms with Gasteiger partial charge in [0.05, 0.1) is 17.8 Å². The van der Waals surface area contributed by atoms with Gasteiger partial charge in [0.25, 0.3) is 0 Å². The van der Waals surface area contributed by atoms with E-state index < -0.39 is 0 Å². The van der Waals surface area contributed by atoms with Gasteiger partial charge in [-0.05, 0) is 67.9 Å². The highest BCUT2D eigenvalue weighted by Crippen LogP contribution is 2.41. The Bertz CT molecular complexity index is 1080. The molecular weight excluding hydrogens is 430 g/mol. The number of thiocarbonyl (C=S) groups is 1. The molecule has 3 atom stereocenters. The van der Waals surface area contributed by atoms with Crippen LogP contribution in [0.3, 0.4) is 0 Å². The molecule has 0 saturated carbocycles. The highest BCUT2D eigenvalue weighted by Gasteiger charge is 2.42. The normalized spacial score (nSPS) is 23.4. The summed E-state index contributed by atoms with van der Waals surface area (Å²) in [6, 6.07) is 15.6. The van der Waals surface area contributed by atoms with Gasteiger partial charge < -0.3 is 19.4 Å². The minimum absolute atomic E-state index is 0.102. The lowest BCUT2D eigenvalue weighted by Gasteiger charge is -2.28. The van der Waals surface area contributed by atoms with Crippen molar-refractivity contribution in [3.05, 3.63) is 76.8 Å². The van der Waals surface area contributed by atoms with E-state index >= 15 is 0 Å². The highest BCUT2D eigenvalue weighted by atomic mass is 35.5. The van der Waals surface area contributed by atoms with Gasteiger partial charge in [-0.15, -0.1) is 0 Å². The van der Waals surface area contributed by atoms with E-state index in [9.17, 15) is 0 Å². The van der Waals surface area contributed by atoms with Gasteiger partial charge in [-0.25, -0.2) is 0 Å². The Kier molecular flexibility index (Phi) is 5.69. The number of halogens is 1. The lowest BCUT2D eigenvalue weighted by atomic mass is 10.0. The Morgan fingerprint density at radius 2 is 2.10 bits per heavy atom. The lowest BCUT2D eigenvalue weighted by Crippen LogP contribution is -2.36. The van der Waals surface area contributed by atoms with Crippen molar-refractivity contribution in [3.63, 3.8) is 0 Å². The molecule has 5 rings (SSSR count). The lowest BCUT2D eigenvalue weighted by molar-refractivity contribution is 0.0818. The molecule has 7 heteroatoms. The Morgan fingerprint density at radius 3 is 2.87 bits per heavy atom. The van der Waals surface area contributed by atoms with Crippen molar-refractivity contribution in [1.29, 1.82) is 0 Å². The molecule has 0 bridgehead atoms. The second kappa shape index (κ2) is 8.61. The van der Waals surface area contributed by atoms with Gasteiger partial charge in [0.15, 0.2) is 5.11 Å². The van der Waals surface area contributed by atoms with E-state index in [1.165, 1.54) is 0 Å². The van der Waals surface area contributed by atoms with Gasteiger partial charge >= 0.3 is 0 Å². The summed E-state index contributed by atoms with van der Waals surface area (Å²) >= 11 is 12.1. The maximum atomic E-state index is 6.42. The molecule has 31 heavy (non-hydrogen) atoms. The first kappa shape index (κ1) is 20.5. The molecular formula is C24H24ClN3O2S. The number of hydrogen-bond acceptors (Lipinski definition) is 4. The number of benzene rings is 1. The van der Waals surface area contributed by atoms with Crippen LogP contribution in [0.5, 0.6) is 0 Å². The van der Waals surface area contributed by atoms with Crippen molar-refractivity contribution in [3.8, 4) is 11.3 Å². The Labute approximate surface area is 192 Å². The minimum atomic E-state index is -0.111. The van der Waals surface area contributed by atoms with Crippen LogP contribution in [0.1, 0.15) is 41.9 Å². The molecule has 2 aliphatic heterocycles.